The van der Waals surface area contributed by atoms with Gasteiger partial charge in [-0.1, -0.05) is 54.1 Å². The number of nitrogens with zero attached hydrogens (tertiary/aromatic N) is 1. The quantitative estimate of drug-likeness (QED) is 0.741. The van der Waals surface area contributed by atoms with Crippen molar-refractivity contribution < 1.29 is 18.0 Å². The number of aryl methyl sites for hydroxylation is 1. The molecule has 2 rings (SSSR count). The first-order chi connectivity index (χ1) is 12.8. The molecule has 6 nitrogen and oxygen atoms in total. The van der Waals surface area contributed by atoms with E-state index in [1.807, 2.05) is 37.3 Å². The van der Waals surface area contributed by atoms with Crippen LogP contribution in [0.25, 0.3) is 0 Å². The number of sulfonamides is 1. The van der Waals surface area contributed by atoms with Crippen LogP contribution in [0, 0.1) is 6.92 Å². The lowest BCUT2D eigenvalue weighted by atomic mass is 10.2. The van der Waals surface area contributed by atoms with E-state index in [9.17, 15) is 18.0 Å². The zero-order valence-corrected chi connectivity index (χ0v) is 16.1. The molecule has 0 aliphatic heterocycles. The number of benzene rings is 2. The minimum Gasteiger partial charge on any atom is -0.348 e. The van der Waals surface area contributed by atoms with Crippen molar-refractivity contribution >= 4 is 21.8 Å². The number of hydrogen-bond donors (Lipinski definition) is 1. The highest BCUT2D eigenvalue weighted by molar-refractivity contribution is 7.89. The summed E-state index contributed by atoms with van der Waals surface area (Å²) in [4.78, 5) is 23.7. The van der Waals surface area contributed by atoms with Gasteiger partial charge in [0.15, 0.2) is 0 Å². The van der Waals surface area contributed by atoms with Crippen LogP contribution in [0.2, 0.25) is 0 Å². The van der Waals surface area contributed by atoms with E-state index >= 15 is 0 Å². The highest BCUT2D eigenvalue weighted by Gasteiger charge is 2.25. The Balaban J connectivity index is 2.01. The molecule has 2 aromatic carbocycles. The van der Waals surface area contributed by atoms with E-state index in [0.717, 1.165) is 15.4 Å². The largest absolute Gasteiger partial charge is 0.348 e. The molecule has 0 radical (unpaired) electrons. The average molecular weight is 386 g/mol. The van der Waals surface area contributed by atoms with Gasteiger partial charge in [-0.25, -0.2) is 12.7 Å². The summed E-state index contributed by atoms with van der Waals surface area (Å²) in [6.45, 7) is 3.16. The second-order valence-corrected chi connectivity index (χ2v) is 7.84. The molecule has 27 heavy (non-hydrogen) atoms. The summed E-state index contributed by atoms with van der Waals surface area (Å²) >= 11 is 0. The van der Waals surface area contributed by atoms with Crippen molar-refractivity contribution in [3.05, 3.63) is 77.9 Å². The van der Waals surface area contributed by atoms with E-state index in [1.54, 1.807) is 12.1 Å². The molecule has 0 saturated carbocycles. The van der Waals surface area contributed by atoms with Crippen LogP contribution in [-0.4, -0.2) is 31.1 Å². The van der Waals surface area contributed by atoms with Crippen LogP contribution in [0.4, 0.5) is 0 Å². The van der Waals surface area contributed by atoms with Gasteiger partial charge in [0.25, 0.3) is 10.0 Å². The van der Waals surface area contributed by atoms with Crippen molar-refractivity contribution in [1.29, 1.82) is 0 Å². The van der Waals surface area contributed by atoms with Gasteiger partial charge in [0, 0.05) is 19.5 Å². The summed E-state index contributed by atoms with van der Waals surface area (Å²) in [5.41, 5.74) is 1.87. The lowest BCUT2D eigenvalue weighted by Gasteiger charge is -2.19. The van der Waals surface area contributed by atoms with Gasteiger partial charge in [0.05, 0.1) is 11.4 Å². The summed E-state index contributed by atoms with van der Waals surface area (Å²) in [6.07, 6.45) is 2.58. The second kappa shape index (κ2) is 9.14. The Morgan fingerprint density at radius 3 is 2.26 bits per heavy atom. The standard InChI is InChI=1S/C20H22N2O4S/c1-16-10-12-19(13-11-16)27(25,26)22(17(2)23)14-6-9-20(24)21-15-18-7-4-3-5-8-18/h3-13H,14-15H2,1-2H3,(H,21,24)/b9-6+. The maximum absolute atomic E-state index is 12.6. The zero-order chi connectivity index (χ0) is 19.9. The molecule has 7 heteroatoms. The number of hydrogen-bond acceptors (Lipinski definition) is 4. The van der Waals surface area contributed by atoms with Gasteiger partial charge >= 0.3 is 0 Å². The Morgan fingerprint density at radius 2 is 1.67 bits per heavy atom. The van der Waals surface area contributed by atoms with Crippen molar-refractivity contribution in [2.75, 3.05) is 6.54 Å². The average Bonchev–Trinajstić information content (AvgIpc) is 2.64. The molecule has 0 fully saturated rings. The number of carbonyl (C=O) groups excluding carboxylic acids is 2. The van der Waals surface area contributed by atoms with E-state index in [-0.39, 0.29) is 17.3 Å². The molecule has 0 aliphatic carbocycles. The summed E-state index contributed by atoms with van der Waals surface area (Å²) in [7, 11) is -3.97. The minimum absolute atomic E-state index is 0.0326. The van der Waals surface area contributed by atoms with E-state index in [4.69, 9.17) is 0 Å². The fourth-order valence-corrected chi connectivity index (χ4v) is 3.69. The van der Waals surface area contributed by atoms with Crippen molar-refractivity contribution in [3.63, 3.8) is 0 Å². The molecule has 0 aliphatic rings. The Morgan fingerprint density at radius 1 is 1.04 bits per heavy atom. The van der Waals surface area contributed by atoms with Crippen LogP contribution < -0.4 is 5.32 Å². The van der Waals surface area contributed by atoms with Gasteiger partial charge < -0.3 is 5.32 Å². The van der Waals surface area contributed by atoms with Crippen molar-refractivity contribution in [1.82, 2.24) is 9.62 Å². The van der Waals surface area contributed by atoms with Crippen LogP contribution in [0.15, 0.2) is 71.6 Å². The van der Waals surface area contributed by atoms with Crippen molar-refractivity contribution in [2.24, 2.45) is 0 Å². The zero-order valence-electron chi connectivity index (χ0n) is 15.3. The molecule has 1 N–H and O–H groups in total. The van der Waals surface area contributed by atoms with Crippen LogP contribution in [0.1, 0.15) is 18.1 Å². The third-order valence-corrected chi connectivity index (χ3v) is 5.66. The molecule has 2 aromatic rings. The first-order valence-corrected chi connectivity index (χ1v) is 9.83. The molecule has 0 bridgehead atoms. The smallest absolute Gasteiger partial charge is 0.266 e. The molecule has 142 valence electrons. The number of carbonyl (C=O) groups is 2. The highest BCUT2D eigenvalue weighted by Crippen LogP contribution is 2.16. The van der Waals surface area contributed by atoms with Gasteiger partial charge in [-0.2, -0.15) is 0 Å². The molecular formula is C20H22N2O4S. The maximum atomic E-state index is 12.6. The molecule has 0 atom stereocenters. The van der Waals surface area contributed by atoms with Gasteiger partial charge in [0.1, 0.15) is 0 Å². The highest BCUT2D eigenvalue weighted by atomic mass is 32.2. The van der Waals surface area contributed by atoms with E-state index in [2.05, 4.69) is 5.32 Å². The third-order valence-electron chi connectivity index (χ3n) is 3.81. The topological polar surface area (TPSA) is 83.6 Å². The van der Waals surface area contributed by atoms with E-state index in [0.29, 0.717) is 6.54 Å². The number of rotatable bonds is 7. The van der Waals surface area contributed by atoms with Crippen LogP contribution in [-0.2, 0) is 26.2 Å². The number of nitrogens with one attached hydrogen (secondary N) is 1. The minimum atomic E-state index is -3.97. The van der Waals surface area contributed by atoms with Crippen molar-refractivity contribution in [2.45, 2.75) is 25.3 Å². The SMILES string of the molecule is CC(=O)N(C/C=C/C(=O)NCc1ccccc1)S(=O)(=O)c1ccc(C)cc1. The Kier molecular flexibility index (Phi) is 6.90. The Bertz CT molecular complexity index is 920. The molecule has 0 unspecified atom stereocenters. The molecular weight excluding hydrogens is 364 g/mol. The van der Waals surface area contributed by atoms with Gasteiger partial charge in [-0.15, -0.1) is 0 Å². The molecule has 0 saturated heterocycles. The molecule has 2 amide bonds. The molecule has 0 spiro atoms. The van der Waals surface area contributed by atoms with Crippen LogP contribution in [0.5, 0.6) is 0 Å². The summed E-state index contributed by atoms with van der Waals surface area (Å²) < 4.78 is 26.0. The molecule has 0 aromatic heterocycles. The fraction of sp³-hybridized carbons (Fsp3) is 0.200. The van der Waals surface area contributed by atoms with Gasteiger partial charge in [0.2, 0.25) is 11.8 Å². The normalized spacial score (nSPS) is 11.3. The first kappa shape index (κ1) is 20.4. The van der Waals surface area contributed by atoms with E-state index < -0.39 is 15.9 Å². The van der Waals surface area contributed by atoms with E-state index in [1.165, 1.54) is 31.2 Å². The number of amides is 2. The van der Waals surface area contributed by atoms with Crippen LogP contribution in [0.3, 0.4) is 0 Å². The summed E-state index contributed by atoms with van der Waals surface area (Å²) in [5.74, 6) is -0.986. The summed E-state index contributed by atoms with van der Waals surface area (Å²) in [6, 6.07) is 15.6. The predicted molar refractivity (Wildman–Crippen MR) is 103 cm³/mol. The monoisotopic (exact) mass is 386 g/mol. The van der Waals surface area contributed by atoms with Crippen LogP contribution >= 0.6 is 0 Å². The fourth-order valence-electron chi connectivity index (χ4n) is 2.33. The predicted octanol–water partition coefficient (Wildman–Crippen LogP) is 2.40. The lowest BCUT2D eigenvalue weighted by molar-refractivity contribution is -0.124. The second-order valence-electron chi connectivity index (χ2n) is 5.97. The Labute approximate surface area is 159 Å². The Hall–Kier alpha value is -2.93. The first-order valence-electron chi connectivity index (χ1n) is 8.39. The third kappa shape index (κ3) is 5.79. The summed E-state index contributed by atoms with van der Waals surface area (Å²) in [5, 5.41) is 2.70. The maximum Gasteiger partial charge on any atom is 0.266 e. The van der Waals surface area contributed by atoms with Crippen molar-refractivity contribution in [3.8, 4) is 0 Å². The van der Waals surface area contributed by atoms with Gasteiger partial charge in [-0.3, -0.25) is 9.59 Å². The molecule has 0 heterocycles. The van der Waals surface area contributed by atoms with Gasteiger partial charge in [-0.05, 0) is 24.6 Å². The lowest BCUT2D eigenvalue weighted by Crippen LogP contribution is -2.35.